The van der Waals surface area contributed by atoms with Gasteiger partial charge in [-0.2, -0.15) is 0 Å². The quantitative estimate of drug-likeness (QED) is 0.472. The van der Waals surface area contributed by atoms with Gasteiger partial charge in [0.25, 0.3) is 0 Å². The molecule has 0 bridgehead atoms. The zero-order valence-corrected chi connectivity index (χ0v) is 16.5. The second-order valence-electron chi connectivity index (χ2n) is 8.43. The van der Waals surface area contributed by atoms with E-state index >= 15 is 0 Å². The number of pyridine rings is 1. The highest BCUT2D eigenvalue weighted by atomic mass is 14.9. The van der Waals surface area contributed by atoms with Gasteiger partial charge in [-0.25, -0.2) is 0 Å². The lowest BCUT2D eigenvalue weighted by Gasteiger charge is -2.29. The number of para-hydroxylation sites is 1. The molecule has 4 aromatic rings. The summed E-state index contributed by atoms with van der Waals surface area (Å²) in [7, 11) is 0. The predicted molar refractivity (Wildman–Crippen MR) is 119 cm³/mol. The number of nitrogens with one attached hydrogen (secondary N) is 1. The average molecular weight is 377 g/mol. The Morgan fingerprint density at radius 1 is 0.759 bits per heavy atom. The number of aryl methyl sites for hydroxylation is 2. The maximum absolute atomic E-state index is 4.85. The molecule has 1 heterocycles. The van der Waals surface area contributed by atoms with Crippen molar-refractivity contribution in [2.75, 3.05) is 5.32 Å². The van der Waals surface area contributed by atoms with E-state index in [1.165, 1.54) is 53.4 Å². The number of nitrogens with zero attached hydrogens (tertiary/aromatic N) is 1. The van der Waals surface area contributed by atoms with Crippen LogP contribution in [0.3, 0.4) is 0 Å². The summed E-state index contributed by atoms with van der Waals surface area (Å²) in [5, 5.41) is 4.94. The standard InChI is InChI=1S/C27H24N2/c1-3-9-23-19(6-1)14-16-27(23)17-15-21-8-5-11-25(26(21)27)28-18-22-13-12-20-7-2-4-10-24(20)29-22/h1-13,28H,14-18H2/t27-/m1/s1. The van der Waals surface area contributed by atoms with Gasteiger partial charge in [-0.05, 0) is 66.1 Å². The third-order valence-corrected chi connectivity index (χ3v) is 6.92. The van der Waals surface area contributed by atoms with Crippen LogP contribution in [0, 0.1) is 0 Å². The zero-order valence-electron chi connectivity index (χ0n) is 16.5. The van der Waals surface area contributed by atoms with Crippen molar-refractivity contribution in [2.45, 2.75) is 37.6 Å². The lowest BCUT2D eigenvalue weighted by atomic mass is 9.76. The molecule has 0 unspecified atom stereocenters. The van der Waals surface area contributed by atoms with E-state index in [-0.39, 0.29) is 5.41 Å². The van der Waals surface area contributed by atoms with E-state index in [9.17, 15) is 0 Å². The zero-order chi connectivity index (χ0) is 19.3. The smallest absolute Gasteiger partial charge is 0.0706 e. The highest BCUT2D eigenvalue weighted by molar-refractivity contribution is 5.78. The molecule has 0 saturated carbocycles. The van der Waals surface area contributed by atoms with Crippen molar-refractivity contribution in [1.29, 1.82) is 0 Å². The fourth-order valence-corrected chi connectivity index (χ4v) is 5.59. The van der Waals surface area contributed by atoms with E-state index in [1.807, 2.05) is 0 Å². The summed E-state index contributed by atoms with van der Waals surface area (Å²) in [5.41, 5.74) is 9.75. The summed E-state index contributed by atoms with van der Waals surface area (Å²) in [4.78, 5) is 4.85. The van der Waals surface area contributed by atoms with Crippen molar-refractivity contribution in [3.63, 3.8) is 0 Å². The first kappa shape index (κ1) is 16.8. The molecular formula is C27H24N2. The van der Waals surface area contributed by atoms with Crippen LogP contribution in [0.1, 0.15) is 40.8 Å². The Morgan fingerprint density at radius 2 is 1.55 bits per heavy atom. The van der Waals surface area contributed by atoms with E-state index in [0.29, 0.717) is 0 Å². The number of rotatable bonds is 3. The van der Waals surface area contributed by atoms with Gasteiger partial charge in [0.05, 0.1) is 17.8 Å². The molecule has 1 N–H and O–H groups in total. The van der Waals surface area contributed by atoms with Gasteiger partial charge in [0.1, 0.15) is 0 Å². The number of aromatic nitrogens is 1. The first-order valence-electron chi connectivity index (χ1n) is 10.6. The van der Waals surface area contributed by atoms with E-state index in [0.717, 1.165) is 17.8 Å². The minimum absolute atomic E-state index is 0.187. The van der Waals surface area contributed by atoms with Gasteiger partial charge in [-0.1, -0.05) is 60.7 Å². The van der Waals surface area contributed by atoms with Crippen molar-refractivity contribution in [2.24, 2.45) is 0 Å². The van der Waals surface area contributed by atoms with Gasteiger partial charge < -0.3 is 5.32 Å². The van der Waals surface area contributed by atoms with Crippen molar-refractivity contribution in [3.05, 3.63) is 107 Å². The number of benzene rings is 3. The van der Waals surface area contributed by atoms with Gasteiger partial charge in [-0.3, -0.25) is 4.98 Å². The van der Waals surface area contributed by atoms with Crippen LogP contribution in [-0.4, -0.2) is 4.98 Å². The topological polar surface area (TPSA) is 24.9 Å². The summed E-state index contributed by atoms with van der Waals surface area (Å²) in [5.74, 6) is 0. The highest BCUT2D eigenvalue weighted by Crippen LogP contribution is 2.54. The number of anilines is 1. The fraction of sp³-hybridized carbons (Fsp3) is 0.222. The Kier molecular flexibility index (Phi) is 3.73. The Morgan fingerprint density at radius 3 is 2.52 bits per heavy atom. The Hall–Kier alpha value is -3.13. The molecule has 29 heavy (non-hydrogen) atoms. The van der Waals surface area contributed by atoms with Gasteiger partial charge in [0.15, 0.2) is 0 Å². The van der Waals surface area contributed by atoms with Gasteiger partial charge >= 0.3 is 0 Å². The van der Waals surface area contributed by atoms with E-state index in [2.05, 4.69) is 84.2 Å². The van der Waals surface area contributed by atoms with Crippen molar-refractivity contribution in [1.82, 2.24) is 4.98 Å². The summed E-state index contributed by atoms with van der Waals surface area (Å²) in [6, 6.07) is 28.5. The first-order chi connectivity index (χ1) is 14.3. The lowest BCUT2D eigenvalue weighted by Crippen LogP contribution is -2.22. The number of fused-ring (bicyclic) bond motifs is 5. The molecule has 1 atom stereocenters. The van der Waals surface area contributed by atoms with E-state index in [1.54, 1.807) is 5.56 Å². The molecule has 1 spiro atoms. The molecule has 0 radical (unpaired) electrons. The Balaban J connectivity index is 1.37. The van der Waals surface area contributed by atoms with Crippen LogP contribution >= 0.6 is 0 Å². The lowest BCUT2D eigenvalue weighted by molar-refractivity contribution is 0.508. The Bertz CT molecular complexity index is 1220. The molecule has 2 aliphatic carbocycles. The summed E-state index contributed by atoms with van der Waals surface area (Å²) in [6.45, 7) is 0.749. The molecule has 1 aromatic heterocycles. The molecule has 6 rings (SSSR count). The van der Waals surface area contributed by atoms with Crippen molar-refractivity contribution < 1.29 is 0 Å². The molecule has 0 fully saturated rings. The average Bonchev–Trinajstić information content (AvgIpc) is 3.35. The maximum atomic E-state index is 4.85. The third kappa shape index (κ3) is 2.59. The van der Waals surface area contributed by atoms with Gasteiger partial charge in [0, 0.05) is 16.5 Å². The van der Waals surface area contributed by atoms with E-state index in [4.69, 9.17) is 4.98 Å². The summed E-state index contributed by atoms with van der Waals surface area (Å²) in [6.07, 6.45) is 4.82. The van der Waals surface area contributed by atoms with Crippen LogP contribution in [0.2, 0.25) is 0 Å². The highest BCUT2D eigenvalue weighted by Gasteiger charge is 2.45. The molecule has 3 aromatic carbocycles. The van der Waals surface area contributed by atoms with Crippen LogP contribution in [0.25, 0.3) is 10.9 Å². The minimum atomic E-state index is 0.187. The molecular weight excluding hydrogens is 352 g/mol. The van der Waals surface area contributed by atoms with E-state index < -0.39 is 0 Å². The van der Waals surface area contributed by atoms with Gasteiger partial charge in [-0.15, -0.1) is 0 Å². The summed E-state index contributed by atoms with van der Waals surface area (Å²) >= 11 is 0. The molecule has 0 saturated heterocycles. The predicted octanol–water partition coefficient (Wildman–Crippen LogP) is 6.03. The Labute approximate surface area is 171 Å². The molecule has 0 amide bonds. The normalized spacial score (nSPS) is 19.4. The molecule has 2 heteroatoms. The summed E-state index contributed by atoms with van der Waals surface area (Å²) < 4.78 is 0. The van der Waals surface area contributed by atoms with Crippen LogP contribution in [-0.2, 0) is 24.8 Å². The molecule has 142 valence electrons. The van der Waals surface area contributed by atoms with Crippen LogP contribution < -0.4 is 5.32 Å². The second kappa shape index (κ2) is 6.45. The molecule has 2 aliphatic rings. The number of hydrogen-bond donors (Lipinski definition) is 1. The van der Waals surface area contributed by atoms with Crippen LogP contribution in [0.5, 0.6) is 0 Å². The van der Waals surface area contributed by atoms with Gasteiger partial charge in [0.2, 0.25) is 0 Å². The second-order valence-corrected chi connectivity index (χ2v) is 8.43. The first-order valence-corrected chi connectivity index (χ1v) is 10.6. The number of hydrogen-bond acceptors (Lipinski definition) is 2. The SMILES string of the molecule is c1ccc2c(c1)CC[C@@]21CCc2cccc(NCc3ccc4ccccc4n3)c21. The van der Waals surface area contributed by atoms with Crippen molar-refractivity contribution in [3.8, 4) is 0 Å². The monoisotopic (exact) mass is 376 g/mol. The fourth-order valence-electron chi connectivity index (χ4n) is 5.59. The third-order valence-electron chi connectivity index (χ3n) is 6.92. The molecule has 0 aliphatic heterocycles. The van der Waals surface area contributed by atoms with Crippen LogP contribution in [0.15, 0.2) is 78.9 Å². The largest absolute Gasteiger partial charge is 0.379 e. The van der Waals surface area contributed by atoms with Crippen molar-refractivity contribution >= 4 is 16.6 Å². The van der Waals surface area contributed by atoms with Crippen LogP contribution in [0.4, 0.5) is 5.69 Å². The maximum Gasteiger partial charge on any atom is 0.0706 e. The molecule has 2 nitrogen and oxygen atoms in total. The minimum Gasteiger partial charge on any atom is -0.379 e.